The highest BCUT2D eigenvalue weighted by Gasteiger charge is 2.12. The maximum absolute atomic E-state index is 11.8. The minimum Gasteiger partial charge on any atom is -0.465 e. The standard InChI is InChI=1S/C15H20N2O4/c1-11(2)9-20-10-13(18)8-17-15(19)12(7-16)6-14-4-3-5-21-14/h3-6,11,13,18H,8-10H2,1-2H3,(H,17,19)/b12-6+. The van der Waals surface area contributed by atoms with Crippen molar-refractivity contribution in [2.24, 2.45) is 5.92 Å². The maximum atomic E-state index is 11.8. The van der Waals surface area contributed by atoms with Gasteiger partial charge in [-0.3, -0.25) is 4.79 Å². The third kappa shape index (κ3) is 6.75. The van der Waals surface area contributed by atoms with Gasteiger partial charge in [-0.05, 0) is 18.1 Å². The first kappa shape index (κ1) is 17.0. The molecule has 0 spiro atoms. The van der Waals surface area contributed by atoms with E-state index in [-0.39, 0.29) is 18.7 Å². The van der Waals surface area contributed by atoms with E-state index in [2.05, 4.69) is 5.32 Å². The third-order valence-electron chi connectivity index (χ3n) is 2.45. The summed E-state index contributed by atoms with van der Waals surface area (Å²) in [6.07, 6.45) is 1.99. The summed E-state index contributed by atoms with van der Waals surface area (Å²) >= 11 is 0. The number of rotatable bonds is 8. The second-order valence-electron chi connectivity index (χ2n) is 4.98. The van der Waals surface area contributed by atoms with Crippen molar-refractivity contribution in [3.8, 4) is 6.07 Å². The zero-order valence-corrected chi connectivity index (χ0v) is 12.2. The van der Waals surface area contributed by atoms with Gasteiger partial charge in [-0.15, -0.1) is 0 Å². The molecule has 0 aliphatic carbocycles. The maximum Gasteiger partial charge on any atom is 0.262 e. The van der Waals surface area contributed by atoms with E-state index in [1.807, 2.05) is 13.8 Å². The first-order valence-electron chi connectivity index (χ1n) is 6.72. The monoisotopic (exact) mass is 292 g/mol. The van der Waals surface area contributed by atoms with Crippen LogP contribution in [0.1, 0.15) is 19.6 Å². The number of nitrogens with one attached hydrogen (secondary N) is 1. The van der Waals surface area contributed by atoms with Gasteiger partial charge in [-0.1, -0.05) is 13.8 Å². The van der Waals surface area contributed by atoms with Gasteiger partial charge in [0.2, 0.25) is 0 Å². The Labute approximate surface area is 124 Å². The average Bonchev–Trinajstić information content (AvgIpc) is 2.94. The molecule has 0 fully saturated rings. The van der Waals surface area contributed by atoms with Crippen molar-refractivity contribution in [2.45, 2.75) is 20.0 Å². The van der Waals surface area contributed by atoms with Crippen LogP contribution in [-0.2, 0) is 9.53 Å². The highest BCUT2D eigenvalue weighted by Crippen LogP contribution is 2.07. The zero-order chi connectivity index (χ0) is 15.7. The summed E-state index contributed by atoms with van der Waals surface area (Å²) in [7, 11) is 0. The molecule has 0 aromatic carbocycles. The normalized spacial score (nSPS) is 13.0. The van der Waals surface area contributed by atoms with Crippen LogP contribution in [0.15, 0.2) is 28.4 Å². The third-order valence-corrected chi connectivity index (χ3v) is 2.45. The van der Waals surface area contributed by atoms with Crippen LogP contribution in [0.4, 0.5) is 0 Å². The number of hydrogen-bond acceptors (Lipinski definition) is 5. The van der Waals surface area contributed by atoms with Gasteiger partial charge in [0.15, 0.2) is 0 Å². The first-order chi connectivity index (χ1) is 10.0. The number of aliphatic hydroxyl groups excluding tert-OH is 1. The highest BCUT2D eigenvalue weighted by molar-refractivity contribution is 6.01. The van der Waals surface area contributed by atoms with E-state index in [9.17, 15) is 9.90 Å². The van der Waals surface area contributed by atoms with Crippen LogP contribution in [-0.4, -0.2) is 36.9 Å². The molecule has 1 rings (SSSR count). The van der Waals surface area contributed by atoms with Crippen molar-refractivity contribution in [2.75, 3.05) is 19.8 Å². The Morgan fingerprint density at radius 1 is 1.57 bits per heavy atom. The van der Waals surface area contributed by atoms with Crippen LogP contribution in [0.25, 0.3) is 6.08 Å². The molecule has 1 aromatic rings. The van der Waals surface area contributed by atoms with Crippen LogP contribution in [0.5, 0.6) is 0 Å². The number of aliphatic hydroxyl groups is 1. The number of amides is 1. The summed E-state index contributed by atoms with van der Waals surface area (Å²) in [6, 6.07) is 5.10. The summed E-state index contributed by atoms with van der Waals surface area (Å²) in [6.45, 7) is 4.72. The van der Waals surface area contributed by atoms with Crippen LogP contribution in [0, 0.1) is 17.2 Å². The lowest BCUT2D eigenvalue weighted by atomic mass is 10.2. The van der Waals surface area contributed by atoms with Crippen LogP contribution in [0.3, 0.4) is 0 Å². The van der Waals surface area contributed by atoms with E-state index in [0.29, 0.717) is 18.3 Å². The van der Waals surface area contributed by atoms with Gasteiger partial charge < -0.3 is 19.6 Å². The molecule has 2 N–H and O–H groups in total. The fourth-order valence-corrected chi connectivity index (χ4v) is 1.47. The van der Waals surface area contributed by atoms with Gasteiger partial charge in [0.1, 0.15) is 17.4 Å². The Kier molecular flexibility index (Phi) is 7.23. The summed E-state index contributed by atoms with van der Waals surface area (Å²) in [5.74, 6) is 0.243. The first-order valence-corrected chi connectivity index (χ1v) is 6.72. The predicted octanol–water partition coefficient (Wildman–Crippen LogP) is 1.34. The van der Waals surface area contributed by atoms with Gasteiger partial charge >= 0.3 is 0 Å². The Morgan fingerprint density at radius 3 is 2.90 bits per heavy atom. The van der Waals surface area contributed by atoms with Crippen molar-refractivity contribution < 1.29 is 19.1 Å². The van der Waals surface area contributed by atoms with Crippen LogP contribution in [0.2, 0.25) is 0 Å². The SMILES string of the molecule is CC(C)COCC(O)CNC(=O)/C(C#N)=C/c1ccco1. The van der Waals surface area contributed by atoms with E-state index in [0.717, 1.165) is 0 Å². The molecule has 0 aliphatic rings. The minimum absolute atomic E-state index is 0.0219. The molecule has 6 nitrogen and oxygen atoms in total. The number of nitriles is 1. The molecule has 0 aliphatic heterocycles. The quantitative estimate of drug-likeness (QED) is 0.557. The molecule has 21 heavy (non-hydrogen) atoms. The lowest BCUT2D eigenvalue weighted by Crippen LogP contribution is -2.35. The van der Waals surface area contributed by atoms with Gasteiger partial charge in [0.05, 0.1) is 19.0 Å². The Bertz CT molecular complexity index is 500. The van der Waals surface area contributed by atoms with Crippen LogP contribution < -0.4 is 5.32 Å². The smallest absolute Gasteiger partial charge is 0.262 e. The van der Waals surface area contributed by atoms with E-state index in [1.54, 1.807) is 18.2 Å². The Balaban J connectivity index is 2.40. The largest absolute Gasteiger partial charge is 0.465 e. The van der Waals surface area contributed by atoms with Crippen molar-refractivity contribution in [3.05, 3.63) is 29.7 Å². The summed E-state index contributed by atoms with van der Waals surface area (Å²) in [5.41, 5.74) is -0.0831. The Hall–Kier alpha value is -2.10. The van der Waals surface area contributed by atoms with E-state index >= 15 is 0 Å². The van der Waals surface area contributed by atoms with E-state index < -0.39 is 12.0 Å². The molecule has 1 amide bonds. The molecule has 0 saturated heterocycles. The summed E-state index contributed by atoms with van der Waals surface area (Å²) in [4.78, 5) is 11.8. The second kappa shape index (κ2) is 8.95. The van der Waals surface area contributed by atoms with Gasteiger partial charge in [0, 0.05) is 19.2 Å². The number of nitrogens with zero attached hydrogens (tertiary/aromatic N) is 1. The fourth-order valence-electron chi connectivity index (χ4n) is 1.47. The average molecular weight is 292 g/mol. The molecular formula is C15H20N2O4. The molecule has 0 saturated carbocycles. The number of carbonyl (C=O) groups excluding carboxylic acids is 1. The lowest BCUT2D eigenvalue weighted by Gasteiger charge is -2.13. The minimum atomic E-state index is -0.809. The van der Waals surface area contributed by atoms with Gasteiger partial charge in [-0.25, -0.2) is 0 Å². The second-order valence-corrected chi connectivity index (χ2v) is 4.98. The molecule has 1 atom stereocenters. The zero-order valence-electron chi connectivity index (χ0n) is 12.2. The molecule has 1 aromatic heterocycles. The van der Waals surface area contributed by atoms with Crippen molar-refractivity contribution in [3.63, 3.8) is 0 Å². The predicted molar refractivity (Wildman–Crippen MR) is 77.0 cm³/mol. The molecule has 1 unspecified atom stereocenters. The molecule has 1 heterocycles. The summed E-state index contributed by atoms with van der Waals surface area (Å²) < 4.78 is 10.3. The van der Waals surface area contributed by atoms with Crippen molar-refractivity contribution in [1.29, 1.82) is 5.26 Å². The highest BCUT2D eigenvalue weighted by atomic mass is 16.5. The van der Waals surface area contributed by atoms with Gasteiger partial charge in [-0.2, -0.15) is 5.26 Å². The number of ether oxygens (including phenoxy) is 1. The van der Waals surface area contributed by atoms with Gasteiger partial charge in [0.25, 0.3) is 5.91 Å². The topological polar surface area (TPSA) is 95.5 Å². The van der Waals surface area contributed by atoms with Crippen molar-refractivity contribution >= 4 is 12.0 Å². The molecule has 0 radical (unpaired) electrons. The lowest BCUT2D eigenvalue weighted by molar-refractivity contribution is -0.117. The molecule has 0 bridgehead atoms. The van der Waals surface area contributed by atoms with E-state index in [4.69, 9.17) is 14.4 Å². The van der Waals surface area contributed by atoms with E-state index in [1.165, 1.54) is 12.3 Å². The fraction of sp³-hybridized carbons (Fsp3) is 0.467. The summed E-state index contributed by atoms with van der Waals surface area (Å²) in [5, 5.41) is 21.1. The molecule has 6 heteroatoms. The molecular weight excluding hydrogens is 272 g/mol. The Morgan fingerprint density at radius 2 is 2.33 bits per heavy atom. The molecule has 114 valence electrons. The van der Waals surface area contributed by atoms with Crippen LogP contribution >= 0.6 is 0 Å². The van der Waals surface area contributed by atoms with Crippen molar-refractivity contribution in [1.82, 2.24) is 5.32 Å². The number of carbonyl (C=O) groups is 1. The number of furan rings is 1. The number of hydrogen-bond donors (Lipinski definition) is 2.